The quantitative estimate of drug-likeness (QED) is 0.804. The van der Waals surface area contributed by atoms with Crippen LogP contribution in [0.1, 0.15) is 29.6 Å². The number of nitrogens with zero attached hydrogens (tertiary/aromatic N) is 2. The van der Waals surface area contributed by atoms with Gasteiger partial charge in [-0.25, -0.2) is 8.42 Å². The average Bonchev–Trinajstić information content (AvgIpc) is 2.91. The second-order valence-corrected chi connectivity index (χ2v) is 9.36. The lowest BCUT2D eigenvalue weighted by atomic mass is 9.95. The van der Waals surface area contributed by atoms with Gasteiger partial charge >= 0.3 is 0 Å². The number of carbonyl (C=O) groups excluding carboxylic acids is 2. The van der Waals surface area contributed by atoms with Crippen molar-refractivity contribution in [3.63, 3.8) is 0 Å². The Morgan fingerprint density at radius 2 is 1.80 bits per heavy atom. The van der Waals surface area contributed by atoms with Gasteiger partial charge in [0.25, 0.3) is 5.91 Å². The maximum atomic E-state index is 12.7. The van der Waals surface area contributed by atoms with E-state index in [0.29, 0.717) is 25.2 Å². The van der Waals surface area contributed by atoms with Crippen LogP contribution in [0.15, 0.2) is 30.3 Å². The van der Waals surface area contributed by atoms with Gasteiger partial charge in [-0.05, 0) is 30.9 Å². The number of hydrogen-bond donors (Lipinski definition) is 0. The lowest BCUT2D eigenvalue weighted by Gasteiger charge is -2.36. The zero-order valence-electron chi connectivity index (χ0n) is 14.4. The molecule has 0 N–H and O–H groups in total. The molecule has 2 atom stereocenters. The summed E-state index contributed by atoms with van der Waals surface area (Å²) in [7, 11) is -3.15. The summed E-state index contributed by atoms with van der Waals surface area (Å²) < 4.78 is 22.6. The number of sulfone groups is 1. The SMILES string of the molecule is CS(=O)(=O)CCC(=O)N1C[C@H]2CC[C@@H]1CN(C(=O)c1ccccc1)C2. The lowest BCUT2D eigenvalue weighted by Crippen LogP contribution is -2.48. The molecule has 3 saturated heterocycles. The summed E-state index contributed by atoms with van der Waals surface area (Å²) in [6.07, 6.45) is 3.04. The third-order valence-corrected chi connectivity index (χ3v) is 5.97. The largest absolute Gasteiger partial charge is 0.338 e. The molecule has 6 nitrogen and oxygen atoms in total. The second kappa shape index (κ2) is 7.15. The van der Waals surface area contributed by atoms with Gasteiger partial charge in [-0.15, -0.1) is 0 Å². The van der Waals surface area contributed by atoms with Crippen LogP contribution in [-0.4, -0.2) is 67.7 Å². The Bertz CT molecular complexity index is 748. The van der Waals surface area contributed by atoms with Crippen LogP contribution >= 0.6 is 0 Å². The number of carbonyl (C=O) groups is 2. The van der Waals surface area contributed by atoms with E-state index in [0.717, 1.165) is 19.1 Å². The monoisotopic (exact) mass is 364 g/mol. The fourth-order valence-corrected chi connectivity index (χ4v) is 4.28. The highest BCUT2D eigenvalue weighted by Crippen LogP contribution is 2.29. The van der Waals surface area contributed by atoms with Gasteiger partial charge in [0.2, 0.25) is 5.91 Å². The predicted octanol–water partition coefficient (Wildman–Crippen LogP) is 1.18. The van der Waals surface area contributed by atoms with Gasteiger partial charge in [-0.1, -0.05) is 18.2 Å². The third-order valence-electron chi connectivity index (χ3n) is 5.03. The Hall–Kier alpha value is -1.89. The molecule has 3 heterocycles. The summed E-state index contributed by atoms with van der Waals surface area (Å²) in [5, 5.41) is 0. The molecular formula is C18H24N2O4S. The minimum Gasteiger partial charge on any atom is -0.338 e. The first-order chi connectivity index (χ1) is 11.8. The number of piperidine rings is 1. The summed E-state index contributed by atoms with van der Waals surface area (Å²) in [6.45, 7) is 1.79. The minimum atomic E-state index is -3.15. The number of rotatable bonds is 4. The Morgan fingerprint density at radius 3 is 2.48 bits per heavy atom. The molecule has 0 saturated carbocycles. The molecule has 0 unspecified atom stereocenters. The summed E-state index contributed by atoms with van der Waals surface area (Å²) in [6, 6.07) is 9.18. The highest BCUT2D eigenvalue weighted by Gasteiger charge is 2.38. The smallest absolute Gasteiger partial charge is 0.253 e. The van der Waals surface area contributed by atoms with Crippen LogP contribution in [0.25, 0.3) is 0 Å². The first kappa shape index (κ1) is 17.9. The van der Waals surface area contributed by atoms with Crippen LogP contribution in [-0.2, 0) is 14.6 Å². The molecule has 1 aromatic rings. The molecule has 3 aliphatic rings. The van der Waals surface area contributed by atoms with Gasteiger partial charge < -0.3 is 9.80 Å². The van der Waals surface area contributed by atoms with Crippen molar-refractivity contribution in [1.82, 2.24) is 9.80 Å². The van der Waals surface area contributed by atoms with Crippen LogP contribution in [0.5, 0.6) is 0 Å². The maximum absolute atomic E-state index is 12.7. The van der Waals surface area contributed by atoms with Gasteiger partial charge in [0.15, 0.2) is 0 Å². The molecule has 3 fully saturated rings. The number of amides is 2. The van der Waals surface area contributed by atoms with Crippen molar-refractivity contribution in [2.45, 2.75) is 25.3 Å². The van der Waals surface area contributed by atoms with E-state index in [1.54, 1.807) is 4.90 Å². The third kappa shape index (κ3) is 4.39. The summed E-state index contributed by atoms with van der Waals surface area (Å²) in [5.41, 5.74) is 0.666. The van der Waals surface area contributed by atoms with Crippen LogP contribution < -0.4 is 0 Å². The zero-order valence-corrected chi connectivity index (χ0v) is 15.2. The summed E-state index contributed by atoms with van der Waals surface area (Å²) in [4.78, 5) is 28.9. The van der Waals surface area contributed by atoms with Crippen molar-refractivity contribution in [2.24, 2.45) is 5.92 Å². The molecule has 2 amide bonds. The van der Waals surface area contributed by atoms with E-state index in [1.165, 1.54) is 0 Å². The number of hydrogen-bond acceptors (Lipinski definition) is 4. The Balaban J connectivity index is 1.70. The maximum Gasteiger partial charge on any atom is 0.253 e. The fraction of sp³-hybridized carbons (Fsp3) is 0.556. The first-order valence-electron chi connectivity index (χ1n) is 8.65. The molecule has 2 bridgehead atoms. The molecule has 7 heteroatoms. The first-order valence-corrected chi connectivity index (χ1v) is 10.7. The molecule has 0 aliphatic carbocycles. The standard InChI is InChI=1S/C18H24N2O4S/c1-25(23,24)10-9-17(21)20-12-14-7-8-16(20)13-19(11-14)18(22)15-5-3-2-4-6-15/h2-6,14,16H,7-13H2,1H3/t14-,16+/m0/s1. The molecule has 0 spiro atoms. The highest BCUT2D eigenvalue weighted by atomic mass is 32.2. The number of fused-ring (bicyclic) bond motifs is 4. The van der Waals surface area contributed by atoms with E-state index in [1.807, 2.05) is 35.2 Å². The Morgan fingerprint density at radius 1 is 1.08 bits per heavy atom. The lowest BCUT2D eigenvalue weighted by molar-refractivity contribution is -0.134. The average molecular weight is 364 g/mol. The normalized spacial score (nSPS) is 23.4. The topological polar surface area (TPSA) is 74.8 Å². The van der Waals surface area contributed by atoms with E-state index in [-0.39, 0.29) is 35.9 Å². The van der Waals surface area contributed by atoms with Crippen molar-refractivity contribution < 1.29 is 18.0 Å². The van der Waals surface area contributed by atoms with Crippen molar-refractivity contribution in [3.8, 4) is 0 Å². The fourth-order valence-electron chi connectivity index (χ4n) is 3.73. The van der Waals surface area contributed by atoms with Crippen LogP contribution in [0.3, 0.4) is 0 Å². The highest BCUT2D eigenvalue weighted by molar-refractivity contribution is 7.90. The zero-order chi connectivity index (χ0) is 18.0. The molecule has 25 heavy (non-hydrogen) atoms. The molecule has 4 rings (SSSR count). The number of benzene rings is 1. The minimum absolute atomic E-state index is 0.00272. The Kier molecular flexibility index (Phi) is 5.13. The van der Waals surface area contributed by atoms with E-state index < -0.39 is 9.84 Å². The molecule has 136 valence electrons. The Labute approximate surface area is 148 Å². The van der Waals surface area contributed by atoms with E-state index in [4.69, 9.17) is 0 Å². The summed E-state index contributed by atoms with van der Waals surface area (Å²) in [5.74, 6) is 0.0255. The van der Waals surface area contributed by atoms with Crippen molar-refractivity contribution >= 4 is 21.7 Å². The second-order valence-electron chi connectivity index (χ2n) is 7.10. The van der Waals surface area contributed by atoms with Gasteiger partial charge in [0.05, 0.1) is 5.75 Å². The van der Waals surface area contributed by atoms with Crippen LogP contribution in [0.2, 0.25) is 0 Å². The van der Waals surface area contributed by atoms with Crippen molar-refractivity contribution in [2.75, 3.05) is 31.6 Å². The molecule has 0 aromatic heterocycles. The van der Waals surface area contributed by atoms with Gasteiger partial charge in [-0.3, -0.25) is 9.59 Å². The van der Waals surface area contributed by atoms with Gasteiger partial charge in [0.1, 0.15) is 9.84 Å². The van der Waals surface area contributed by atoms with Gasteiger partial charge in [-0.2, -0.15) is 0 Å². The van der Waals surface area contributed by atoms with E-state index in [9.17, 15) is 18.0 Å². The molecule has 1 aromatic carbocycles. The van der Waals surface area contributed by atoms with Crippen LogP contribution in [0, 0.1) is 5.92 Å². The van der Waals surface area contributed by atoms with Crippen LogP contribution in [0.4, 0.5) is 0 Å². The predicted molar refractivity (Wildman–Crippen MR) is 94.9 cm³/mol. The van der Waals surface area contributed by atoms with E-state index >= 15 is 0 Å². The van der Waals surface area contributed by atoms with E-state index in [2.05, 4.69) is 0 Å². The van der Waals surface area contributed by atoms with Crippen molar-refractivity contribution in [1.29, 1.82) is 0 Å². The van der Waals surface area contributed by atoms with Gasteiger partial charge in [0, 0.05) is 43.9 Å². The van der Waals surface area contributed by atoms with Crippen molar-refractivity contribution in [3.05, 3.63) is 35.9 Å². The molecule has 0 radical (unpaired) electrons. The summed E-state index contributed by atoms with van der Waals surface area (Å²) >= 11 is 0. The molecule has 3 aliphatic heterocycles. The molecular weight excluding hydrogens is 340 g/mol.